The summed E-state index contributed by atoms with van der Waals surface area (Å²) in [5.41, 5.74) is 0.887. The third kappa shape index (κ3) is 5.46. The van der Waals surface area contributed by atoms with Gasteiger partial charge in [-0.1, -0.05) is 29.3 Å². The van der Waals surface area contributed by atoms with Crippen LogP contribution in [0.25, 0.3) is 0 Å². The van der Waals surface area contributed by atoms with Gasteiger partial charge in [0.05, 0.1) is 32.4 Å². The molecule has 33 heavy (non-hydrogen) atoms. The summed E-state index contributed by atoms with van der Waals surface area (Å²) in [5, 5.41) is 22.7. The maximum Gasteiger partial charge on any atom is 0.404 e. The highest BCUT2D eigenvalue weighted by atomic mass is 79.9. The number of halogens is 4. The van der Waals surface area contributed by atoms with Crippen LogP contribution in [0.1, 0.15) is 21.9 Å². The molecule has 1 N–H and O–H groups in total. The van der Waals surface area contributed by atoms with Crippen molar-refractivity contribution in [1.29, 1.82) is 0 Å². The Balaban J connectivity index is 1.42. The predicted molar refractivity (Wildman–Crippen MR) is 128 cm³/mol. The zero-order valence-corrected chi connectivity index (χ0v) is 21.0. The van der Waals surface area contributed by atoms with E-state index in [9.17, 15) is 14.9 Å². The number of hydrogen-bond donors (Lipinski definition) is 1. The van der Waals surface area contributed by atoms with Gasteiger partial charge in [0, 0.05) is 6.20 Å². The van der Waals surface area contributed by atoms with Gasteiger partial charge in [0.1, 0.15) is 16.8 Å². The quantitative estimate of drug-likeness (QED) is 0.208. The molecule has 170 valence electrons. The smallest absolute Gasteiger partial charge is 0.404 e. The highest BCUT2D eigenvalue weighted by molar-refractivity contribution is 9.11. The van der Waals surface area contributed by atoms with E-state index < -0.39 is 10.8 Å². The second-order valence-electron chi connectivity index (χ2n) is 6.75. The number of hydrogen-bond acceptors (Lipinski definition) is 6. The monoisotopic (exact) mass is 616 g/mol. The molecular weight excluding hydrogens is 607 g/mol. The maximum absolute atomic E-state index is 12.6. The number of carbonyl (C=O) groups is 1. The van der Waals surface area contributed by atoms with Gasteiger partial charge in [-0.2, -0.15) is 9.78 Å². The summed E-state index contributed by atoms with van der Waals surface area (Å²) in [4.78, 5) is 22.9. The molecule has 3 aromatic heterocycles. The minimum atomic E-state index is -0.597. The summed E-state index contributed by atoms with van der Waals surface area (Å²) >= 11 is 18.5. The lowest BCUT2D eigenvalue weighted by molar-refractivity contribution is -0.390. The molecule has 3 heterocycles. The van der Waals surface area contributed by atoms with Crippen LogP contribution >= 0.6 is 55.1 Å². The van der Waals surface area contributed by atoms with Gasteiger partial charge in [0.25, 0.3) is 5.91 Å². The number of nitro groups is 1. The molecule has 0 aliphatic carbocycles. The number of furan rings is 1. The van der Waals surface area contributed by atoms with E-state index in [2.05, 4.69) is 47.4 Å². The molecule has 0 aliphatic rings. The van der Waals surface area contributed by atoms with Gasteiger partial charge >= 0.3 is 5.82 Å². The van der Waals surface area contributed by atoms with Crippen LogP contribution in [0.4, 0.5) is 11.6 Å². The molecule has 10 nitrogen and oxygen atoms in total. The highest BCUT2D eigenvalue weighted by Gasteiger charge is 2.20. The molecule has 14 heteroatoms. The Morgan fingerprint density at radius 2 is 1.79 bits per heavy atom. The molecule has 1 aromatic carbocycles. The van der Waals surface area contributed by atoms with Crippen molar-refractivity contribution in [2.24, 2.45) is 0 Å². The second-order valence-corrected chi connectivity index (χ2v) is 9.27. The molecule has 0 aliphatic heterocycles. The van der Waals surface area contributed by atoms with Gasteiger partial charge < -0.3 is 19.8 Å². The average Bonchev–Trinajstić information content (AvgIpc) is 3.45. The van der Waals surface area contributed by atoms with Gasteiger partial charge in [0.15, 0.2) is 11.6 Å². The van der Waals surface area contributed by atoms with Crippen molar-refractivity contribution >= 4 is 72.6 Å². The molecule has 0 fully saturated rings. The lowest BCUT2D eigenvalue weighted by Crippen LogP contribution is -2.12. The van der Waals surface area contributed by atoms with Gasteiger partial charge in [-0.05, 0) is 66.6 Å². The number of rotatable bonds is 7. The van der Waals surface area contributed by atoms with Gasteiger partial charge in [-0.25, -0.2) is 0 Å². The van der Waals surface area contributed by atoms with Crippen LogP contribution in [-0.2, 0) is 13.1 Å². The Morgan fingerprint density at radius 3 is 2.48 bits per heavy atom. The largest absolute Gasteiger partial charge is 0.454 e. The van der Waals surface area contributed by atoms with Gasteiger partial charge in [0.2, 0.25) is 0 Å². The van der Waals surface area contributed by atoms with Crippen molar-refractivity contribution in [3.05, 3.63) is 88.9 Å². The van der Waals surface area contributed by atoms with Crippen molar-refractivity contribution in [3.8, 4) is 0 Å². The summed E-state index contributed by atoms with van der Waals surface area (Å²) in [7, 11) is 0. The van der Waals surface area contributed by atoms with Gasteiger partial charge in [-0.3, -0.25) is 9.48 Å². The summed E-state index contributed by atoms with van der Waals surface area (Å²) in [6.07, 6.45) is 3.17. The third-order valence-corrected chi connectivity index (χ3v) is 6.23. The maximum atomic E-state index is 12.6. The van der Waals surface area contributed by atoms with E-state index in [-0.39, 0.29) is 22.6 Å². The predicted octanol–water partition coefficient (Wildman–Crippen LogP) is 5.76. The van der Waals surface area contributed by atoms with Crippen molar-refractivity contribution in [3.63, 3.8) is 0 Å². The Kier molecular flexibility index (Phi) is 6.88. The fourth-order valence-electron chi connectivity index (χ4n) is 2.89. The fraction of sp³-hybridized carbons (Fsp3) is 0.105. The second kappa shape index (κ2) is 9.67. The molecule has 0 spiro atoms. The van der Waals surface area contributed by atoms with Crippen molar-refractivity contribution in [1.82, 2.24) is 19.6 Å². The van der Waals surface area contributed by atoms with Crippen LogP contribution in [0.2, 0.25) is 10.0 Å². The van der Waals surface area contributed by atoms with Crippen LogP contribution in [0.5, 0.6) is 0 Å². The Bertz CT molecular complexity index is 1370. The van der Waals surface area contributed by atoms with E-state index in [0.717, 1.165) is 5.56 Å². The first kappa shape index (κ1) is 23.5. The SMILES string of the molecule is O=C(Nc1nn(Cc2ccc(Cl)c(Cl)c2)cc1Br)c1ccc(Cn2cc(Br)c([N+](=O)[O-])n2)o1. The molecule has 0 bridgehead atoms. The minimum absolute atomic E-state index is 0.0525. The summed E-state index contributed by atoms with van der Waals surface area (Å²) < 4.78 is 9.36. The first-order valence-corrected chi connectivity index (χ1v) is 11.5. The lowest BCUT2D eigenvalue weighted by atomic mass is 10.2. The van der Waals surface area contributed by atoms with Crippen molar-refractivity contribution in [2.45, 2.75) is 13.1 Å². The van der Waals surface area contributed by atoms with Crippen LogP contribution in [0, 0.1) is 10.1 Å². The van der Waals surface area contributed by atoms with Crippen LogP contribution in [-0.4, -0.2) is 30.4 Å². The van der Waals surface area contributed by atoms with E-state index in [1.54, 1.807) is 29.1 Å². The van der Waals surface area contributed by atoms with Crippen molar-refractivity contribution in [2.75, 3.05) is 5.32 Å². The fourth-order valence-corrected chi connectivity index (χ4v) is 4.09. The number of benzene rings is 1. The zero-order chi connectivity index (χ0) is 23.7. The average molecular weight is 619 g/mol. The zero-order valence-electron chi connectivity index (χ0n) is 16.3. The van der Waals surface area contributed by atoms with Crippen molar-refractivity contribution < 1.29 is 14.1 Å². The molecule has 0 saturated heterocycles. The number of aromatic nitrogens is 4. The Hall–Kier alpha value is -2.67. The Labute approximate surface area is 212 Å². The molecule has 0 radical (unpaired) electrons. The molecule has 0 unspecified atom stereocenters. The van der Waals surface area contributed by atoms with E-state index >= 15 is 0 Å². The number of carbonyl (C=O) groups excluding carboxylic acids is 1. The third-order valence-electron chi connectivity index (χ3n) is 4.35. The summed E-state index contributed by atoms with van der Waals surface area (Å²) in [6, 6.07) is 8.37. The van der Waals surface area contributed by atoms with E-state index in [1.807, 2.05) is 6.07 Å². The number of nitrogens with one attached hydrogen (secondary N) is 1. The first-order valence-electron chi connectivity index (χ1n) is 9.14. The normalized spacial score (nSPS) is 11.0. The molecule has 4 rings (SSSR count). The Morgan fingerprint density at radius 1 is 1.06 bits per heavy atom. The highest BCUT2D eigenvalue weighted by Crippen LogP contribution is 2.26. The van der Waals surface area contributed by atoms with Gasteiger partial charge in [-0.15, -0.1) is 0 Å². The first-order chi connectivity index (χ1) is 15.7. The standard InChI is InChI=1S/C19H12Br2Cl2N6O4/c20-12-8-27(6-10-1-3-14(22)15(23)5-10)25-17(12)24-19(30)16-4-2-11(33-16)7-28-9-13(21)18(26-28)29(31)32/h1-5,8-9H,6-7H2,(H,24,25,30). The molecular formula is C19H12Br2Cl2N6O4. The van der Waals surface area contributed by atoms with E-state index in [0.29, 0.717) is 32.6 Å². The number of amides is 1. The number of nitrogens with zero attached hydrogens (tertiary/aromatic N) is 5. The summed E-state index contributed by atoms with van der Waals surface area (Å²) in [6.45, 7) is 0.531. The van der Waals surface area contributed by atoms with Crippen LogP contribution in [0.3, 0.4) is 0 Å². The van der Waals surface area contributed by atoms with Crippen LogP contribution < -0.4 is 5.32 Å². The molecule has 0 atom stereocenters. The summed E-state index contributed by atoms with van der Waals surface area (Å²) in [5.74, 6) is -0.0502. The number of anilines is 1. The topological polar surface area (TPSA) is 121 Å². The minimum Gasteiger partial charge on any atom is -0.454 e. The molecule has 1 amide bonds. The van der Waals surface area contributed by atoms with E-state index in [1.165, 1.54) is 16.9 Å². The lowest BCUT2D eigenvalue weighted by Gasteiger charge is -2.04. The van der Waals surface area contributed by atoms with Crippen LogP contribution in [0.15, 0.2) is 56.1 Å². The van der Waals surface area contributed by atoms with E-state index in [4.69, 9.17) is 27.6 Å². The molecule has 4 aromatic rings. The molecule has 0 saturated carbocycles.